The number of rotatable bonds is 3. The Hall–Kier alpha value is -1.26. The number of methoxy groups -OCH3 is 1. The second kappa shape index (κ2) is 5.72. The van der Waals surface area contributed by atoms with Crippen molar-refractivity contribution in [2.75, 3.05) is 20.7 Å². The first-order chi connectivity index (χ1) is 7.17. The van der Waals surface area contributed by atoms with Gasteiger partial charge in [-0.25, -0.2) is 4.79 Å². The van der Waals surface area contributed by atoms with Crippen molar-refractivity contribution in [1.29, 1.82) is 0 Å². The molecule has 0 saturated heterocycles. The number of nitrogens with zero attached hydrogens (tertiary/aromatic N) is 1. The van der Waals surface area contributed by atoms with E-state index < -0.39 is 11.7 Å². The summed E-state index contributed by atoms with van der Waals surface area (Å²) in [5, 5.41) is 0. The van der Waals surface area contributed by atoms with Gasteiger partial charge in [0.1, 0.15) is 5.60 Å². The Bertz CT molecular complexity index is 257. The molecule has 1 atom stereocenters. The number of carbonyl (C=O) groups is 2. The summed E-state index contributed by atoms with van der Waals surface area (Å²) in [6.45, 7) is 7.36. The summed E-state index contributed by atoms with van der Waals surface area (Å²) in [5.74, 6) is -0.696. The third-order valence-electron chi connectivity index (χ3n) is 1.86. The Morgan fingerprint density at radius 3 is 2.19 bits per heavy atom. The van der Waals surface area contributed by atoms with Crippen molar-refractivity contribution in [2.24, 2.45) is 5.92 Å². The van der Waals surface area contributed by atoms with Gasteiger partial charge < -0.3 is 14.4 Å². The van der Waals surface area contributed by atoms with Gasteiger partial charge in [0.25, 0.3) is 0 Å². The molecule has 0 N–H and O–H groups in total. The normalized spacial score (nSPS) is 12.9. The SMILES string of the molecule is COC(=O)[C@@H](C)CN(C)C(=O)OC(C)(C)C. The summed E-state index contributed by atoms with van der Waals surface area (Å²) in [7, 11) is 2.92. The van der Waals surface area contributed by atoms with Crippen molar-refractivity contribution in [1.82, 2.24) is 4.90 Å². The van der Waals surface area contributed by atoms with Crippen LogP contribution in [0.15, 0.2) is 0 Å². The van der Waals surface area contributed by atoms with E-state index in [9.17, 15) is 9.59 Å². The van der Waals surface area contributed by atoms with Crippen LogP contribution in [0.3, 0.4) is 0 Å². The van der Waals surface area contributed by atoms with Crippen molar-refractivity contribution >= 4 is 12.1 Å². The van der Waals surface area contributed by atoms with Crippen LogP contribution in [0, 0.1) is 5.92 Å². The number of ether oxygens (including phenoxy) is 2. The molecule has 0 saturated carbocycles. The minimum atomic E-state index is -0.528. The maximum absolute atomic E-state index is 11.6. The first kappa shape index (κ1) is 14.7. The Kier molecular flexibility index (Phi) is 5.27. The first-order valence-corrected chi connectivity index (χ1v) is 5.19. The second-order valence-electron chi connectivity index (χ2n) is 4.79. The summed E-state index contributed by atoms with van der Waals surface area (Å²) in [4.78, 5) is 24.1. The molecule has 0 fully saturated rings. The minimum absolute atomic E-state index is 0.279. The van der Waals surface area contributed by atoms with E-state index in [1.807, 2.05) is 0 Å². The highest BCUT2D eigenvalue weighted by molar-refractivity contribution is 5.73. The van der Waals surface area contributed by atoms with Crippen LogP contribution in [0.2, 0.25) is 0 Å². The fourth-order valence-electron chi connectivity index (χ4n) is 1.10. The van der Waals surface area contributed by atoms with Gasteiger partial charge in [0.2, 0.25) is 0 Å². The third-order valence-corrected chi connectivity index (χ3v) is 1.86. The van der Waals surface area contributed by atoms with Crippen molar-refractivity contribution in [3.63, 3.8) is 0 Å². The second-order valence-corrected chi connectivity index (χ2v) is 4.79. The van der Waals surface area contributed by atoms with Crippen LogP contribution in [-0.4, -0.2) is 43.3 Å². The van der Waals surface area contributed by atoms with Crippen molar-refractivity contribution in [3.05, 3.63) is 0 Å². The molecule has 0 aliphatic heterocycles. The Balaban J connectivity index is 4.21. The topological polar surface area (TPSA) is 55.8 Å². The van der Waals surface area contributed by atoms with E-state index in [0.717, 1.165) is 0 Å². The maximum Gasteiger partial charge on any atom is 0.410 e. The molecule has 94 valence electrons. The molecule has 1 amide bonds. The highest BCUT2D eigenvalue weighted by Gasteiger charge is 2.23. The van der Waals surface area contributed by atoms with Gasteiger partial charge in [0, 0.05) is 13.6 Å². The molecule has 0 unspecified atom stereocenters. The van der Waals surface area contributed by atoms with E-state index in [1.54, 1.807) is 34.7 Å². The number of esters is 1. The molecular weight excluding hydrogens is 210 g/mol. The molecule has 0 aromatic heterocycles. The average molecular weight is 231 g/mol. The van der Waals surface area contributed by atoms with Gasteiger partial charge in [0.05, 0.1) is 13.0 Å². The number of amides is 1. The van der Waals surface area contributed by atoms with Gasteiger partial charge in [-0.1, -0.05) is 6.92 Å². The van der Waals surface area contributed by atoms with E-state index in [4.69, 9.17) is 4.74 Å². The zero-order valence-electron chi connectivity index (χ0n) is 10.9. The van der Waals surface area contributed by atoms with Crippen LogP contribution >= 0.6 is 0 Å². The molecule has 0 bridgehead atoms. The molecule has 0 aliphatic rings. The van der Waals surface area contributed by atoms with Crippen LogP contribution in [0.1, 0.15) is 27.7 Å². The van der Waals surface area contributed by atoms with Gasteiger partial charge in [0.15, 0.2) is 0 Å². The molecular formula is C11H21NO4. The lowest BCUT2D eigenvalue weighted by molar-refractivity contribution is -0.145. The van der Waals surface area contributed by atoms with Gasteiger partial charge >= 0.3 is 12.1 Å². The van der Waals surface area contributed by atoms with Gasteiger partial charge in [-0.2, -0.15) is 0 Å². The fourth-order valence-corrected chi connectivity index (χ4v) is 1.10. The molecule has 0 aromatic carbocycles. The van der Waals surface area contributed by atoms with Crippen molar-refractivity contribution in [3.8, 4) is 0 Å². The van der Waals surface area contributed by atoms with E-state index >= 15 is 0 Å². The maximum atomic E-state index is 11.6. The average Bonchev–Trinajstić information content (AvgIpc) is 2.13. The largest absolute Gasteiger partial charge is 0.469 e. The zero-order chi connectivity index (χ0) is 12.9. The predicted octanol–water partition coefficient (Wildman–Crippen LogP) is 1.66. The van der Waals surface area contributed by atoms with E-state index in [0.29, 0.717) is 0 Å². The summed E-state index contributed by atoms with van der Waals surface area (Å²) in [5.41, 5.74) is -0.528. The smallest absolute Gasteiger partial charge is 0.410 e. The minimum Gasteiger partial charge on any atom is -0.469 e. The lowest BCUT2D eigenvalue weighted by Gasteiger charge is -2.25. The molecule has 0 spiro atoms. The highest BCUT2D eigenvalue weighted by atomic mass is 16.6. The fraction of sp³-hybridized carbons (Fsp3) is 0.818. The van der Waals surface area contributed by atoms with Crippen LogP contribution < -0.4 is 0 Å². The zero-order valence-corrected chi connectivity index (χ0v) is 10.9. The standard InChI is InChI=1S/C11H21NO4/c1-8(9(13)15-6)7-12(5)10(14)16-11(2,3)4/h8H,7H2,1-6H3/t8-/m0/s1. The Morgan fingerprint density at radius 2 is 1.81 bits per heavy atom. The molecule has 0 heterocycles. The van der Waals surface area contributed by atoms with Crippen LogP contribution in [0.25, 0.3) is 0 Å². The Labute approximate surface area is 96.7 Å². The monoisotopic (exact) mass is 231 g/mol. The van der Waals surface area contributed by atoms with Crippen LogP contribution in [0.5, 0.6) is 0 Å². The van der Waals surface area contributed by atoms with Gasteiger partial charge in [-0.15, -0.1) is 0 Å². The quantitative estimate of drug-likeness (QED) is 0.693. The molecule has 0 aromatic rings. The summed E-state index contributed by atoms with van der Waals surface area (Å²) < 4.78 is 9.72. The lowest BCUT2D eigenvalue weighted by atomic mass is 10.2. The summed E-state index contributed by atoms with van der Waals surface area (Å²) in [6, 6.07) is 0. The first-order valence-electron chi connectivity index (χ1n) is 5.19. The van der Waals surface area contributed by atoms with E-state index in [2.05, 4.69) is 4.74 Å². The molecule has 0 radical (unpaired) electrons. The predicted molar refractivity (Wildman–Crippen MR) is 60.0 cm³/mol. The third kappa shape index (κ3) is 5.58. The highest BCUT2D eigenvalue weighted by Crippen LogP contribution is 2.10. The molecule has 0 aliphatic carbocycles. The van der Waals surface area contributed by atoms with Crippen molar-refractivity contribution < 1.29 is 19.1 Å². The van der Waals surface area contributed by atoms with Crippen LogP contribution in [0.4, 0.5) is 4.79 Å². The molecule has 16 heavy (non-hydrogen) atoms. The number of hydrogen-bond donors (Lipinski definition) is 0. The van der Waals surface area contributed by atoms with Gasteiger partial charge in [-0.3, -0.25) is 4.79 Å². The molecule has 0 rings (SSSR count). The summed E-state index contributed by atoms with van der Waals surface area (Å²) in [6.07, 6.45) is -0.441. The van der Waals surface area contributed by atoms with Crippen molar-refractivity contribution in [2.45, 2.75) is 33.3 Å². The molecule has 5 heteroatoms. The molecule has 5 nitrogen and oxygen atoms in total. The van der Waals surface area contributed by atoms with E-state index in [1.165, 1.54) is 12.0 Å². The van der Waals surface area contributed by atoms with E-state index in [-0.39, 0.29) is 18.4 Å². The number of carbonyl (C=O) groups excluding carboxylic acids is 2. The summed E-state index contributed by atoms with van der Waals surface area (Å²) >= 11 is 0. The Morgan fingerprint density at radius 1 is 1.31 bits per heavy atom. The van der Waals surface area contributed by atoms with Gasteiger partial charge in [-0.05, 0) is 20.8 Å². The number of hydrogen-bond acceptors (Lipinski definition) is 4. The van der Waals surface area contributed by atoms with Crippen LogP contribution in [-0.2, 0) is 14.3 Å². The lowest BCUT2D eigenvalue weighted by Crippen LogP contribution is -2.38.